The first kappa shape index (κ1) is 39.6. The van der Waals surface area contributed by atoms with Crippen LogP contribution in [0.3, 0.4) is 0 Å². The Bertz CT molecular complexity index is 1520. The van der Waals surface area contributed by atoms with Crippen LogP contribution < -0.4 is 20.7 Å². The van der Waals surface area contributed by atoms with E-state index >= 15 is 0 Å². The molecule has 11 nitrogen and oxygen atoms in total. The summed E-state index contributed by atoms with van der Waals surface area (Å²) in [4.78, 5) is 63.0. The Morgan fingerprint density at radius 2 is 1.33 bits per heavy atom. The topological polar surface area (TPSA) is 149 Å². The number of hydrogen-bond acceptors (Lipinski definition) is 8. The van der Waals surface area contributed by atoms with Crippen molar-refractivity contribution in [2.24, 2.45) is 0 Å². The van der Waals surface area contributed by atoms with E-state index in [2.05, 4.69) is 5.32 Å². The van der Waals surface area contributed by atoms with E-state index in [1.54, 1.807) is 41.5 Å². The molecule has 2 aromatic rings. The molecule has 0 radical (unpaired) electrons. The van der Waals surface area contributed by atoms with Gasteiger partial charge in [0.2, 0.25) is 5.91 Å². The summed E-state index contributed by atoms with van der Waals surface area (Å²) in [7, 11) is 0. The van der Waals surface area contributed by atoms with Crippen molar-refractivity contribution in [3.8, 4) is 5.75 Å². The number of amides is 3. The maximum Gasteiger partial charge on any atom is 0.416 e. The molecule has 0 saturated carbocycles. The fourth-order valence-corrected chi connectivity index (χ4v) is 3.82. The van der Waals surface area contributed by atoms with Crippen molar-refractivity contribution >= 4 is 47.1 Å². The molecule has 1 unspecified atom stereocenters. The van der Waals surface area contributed by atoms with Crippen LogP contribution in [0.4, 0.5) is 36.8 Å². The van der Waals surface area contributed by atoms with Crippen LogP contribution in [0.5, 0.6) is 5.75 Å². The molecule has 1 atom stereocenters. The van der Waals surface area contributed by atoms with Crippen LogP contribution in [0.15, 0.2) is 36.4 Å². The number of halogens is 7. The molecular formula is C30H32ClF6N3O8. The molecule has 0 bridgehead atoms. The van der Waals surface area contributed by atoms with E-state index in [1.807, 2.05) is 10.6 Å². The van der Waals surface area contributed by atoms with Gasteiger partial charge in [0.1, 0.15) is 29.5 Å². The predicted molar refractivity (Wildman–Crippen MR) is 158 cm³/mol. The van der Waals surface area contributed by atoms with Gasteiger partial charge < -0.3 is 30.2 Å². The van der Waals surface area contributed by atoms with Gasteiger partial charge in [0, 0.05) is 10.7 Å². The smallest absolute Gasteiger partial charge is 0.416 e. The summed E-state index contributed by atoms with van der Waals surface area (Å²) in [6.45, 7) is 8.61. The van der Waals surface area contributed by atoms with Gasteiger partial charge in [-0.05, 0) is 77.9 Å². The molecule has 0 spiro atoms. The summed E-state index contributed by atoms with van der Waals surface area (Å²) < 4.78 is 94.9. The van der Waals surface area contributed by atoms with E-state index in [0.29, 0.717) is 0 Å². The van der Waals surface area contributed by atoms with E-state index < -0.39 is 101 Å². The molecule has 0 aliphatic carbocycles. The first-order chi connectivity index (χ1) is 21.7. The van der Waals surface area contributed by atoms with Crippen LogP contribution in [-0.2, 0) is 36.2 Å². The van der Waals surface area contributed by atoms with Gasteiger partial charge in [-0.15, -0.1) is 0 Å². The second kappa shape index (κ2) is 15.1. The van der Waals surface area contributed by atoms with Gasteiger partial charge in [0.15, 0.2) is 0 Å². The van der Waals surface area contributed by atoms with Gasteiger partial charge in [0.25, 0.3) is 5.91 Å². The maximum absolute atomic E-state index is 13.2. The van der Waals surface area contributed by atoms with Crippen LogP contribution in [0.25, 0.3) is 0 Å². The minimum absolute atomic E-state index is 0.120. The number of rotatable bonds is 9. The minimum atomic E-state index is -5.18. The van der Waals surface area contributed by atoms with Crippen LogP contribution >= 0.6 is 11.6 Å². The SMILES string of the molecule is CC(C)(C)OC(=O)CC(NC(=O)CNC(=O)Oc1ccc(Cl)cc1C(=O)Nc1cc(C(F)(F)F)cc(C(F)(F)F)c1)C(=O)OC(C)(C)C. The Kier molecular flexibility index (Phi) is 12.5. The first-order valence-electron chi connectivity index (χ1n) is 13.8. The molecule has 0 aliphatic rings. The van der Waals surface area contributed by atoms with Crippen LogP contribution in [0.1, 0.15) is 69.4 Å². The molecule has 48 heavy (non-hydrogen) atoms. The summed E-state index contributed by atoms with van der Waals surface area (Å²) in [5.41, 5.74) is -6.71. The lowest BCUT2D eigenvalue weighted by Gasteiger charge is -2.25. The van der Waals surface area contributed by atoms with E-state index in [9.17, 15) is 50.3 Å². The number of hydrogen-bond donors (Lipinski definition) is 3. The number of carbonyl (C=O) groups is 5. The number of alkyl halides is 6. The number of benzene rings is 2. The molecule has 0 heterocycles. The number of nitrogens with one attached hydrogen (secondary N) is 3. The van der Waals surface area contributed by atoms with Crippen molar-refractivity contribution in [2.45, 2.75) is 77.6 Å². The van der Waals surface area contributed by atoms with Crippen molar-refractivity contribution in [1.29, 1.82) is 0 Å². The summed E-state index contributed by atoms with van der Waals surface area (Å²) >= 11 is 5.90. The zero-order chi connectivity index (χ0) is 36.8. The van der Waals surface area contributed by atoms with E-state index in [0.717, 1.165) is 18.2 Å². The molecule has 3 amide bonds. The van der Waals surface area contributed by atoms with Crippen LogP contribution in [0.2, 0.25) is 5.02 Å². The molecule has 0 aliphatic heterocycles. The summed E-state index contributed by atoms with van der Waals surface area (Å²) in [5, 5.41) is 6.06. The van der Waals surface area contributed by atoms with Gasteiger partial charge in [-0.1, -0.05) is 11.6 Å². The lowest BCUT2D eigenvalue weighted by atomic mass is 10.1. The third kappa shape index (κ3) is 13.3. The molecule has 0 fully saturated rings. The number of carbonyl (C=O) groups excluding carboxylic acids is 5. The highest BCUT2D eigenvalue weighted by molar-refractivity contribution is 6.31. The highest BCUT2D eigenvalue weighted by atomic mass is 35.5. The highest BCUT2D eigenvalue weighted by Gasteiger charge is 2.37. The van der Waals surface area contributed by atoms with Gasteiger partial charge in [0.05, 0.1) is 23.1 Å². The van der Waals surface area contributed by atoms with Crippen molar-refractivity contribution in [2.75, 3.05) is 11.9 Å². The van der Waals surface area contributed by atoms with Gasteiger partial charge in [-0.3, -0.25) is 14.4 Å². The summed E-state index contributed by atoms with van der Waals surface area (Å²) in [5.74, 6) is -4.63. The fraction of sp³-hybridized carbons (Fsp3) is 0.433. The zero-order valence-electron chi connectivity index (χ0n) is 26.4. The third-order valence-electron chi connectivity index (χ3n) is 5.45. The maximum atomic E-state index is 13.2. The van der Waals surface area contributed by atoms with Crippen molar-refractivity contribution in [1.82, 2.24) is 10.6 Å². The van der Waals surface area contributed by atoms with Crippen molar-refractivity contribution in [3.05, 3.63) is 58.1 Å². The normalized spacial score (nSPS) is 12.8. The fourth-order valence-electron chi connectivity index (χ4n) is 3.64. The standard InChI is InChI=1S/C30H32ClF6N3O8/c1-27(2,3)47-23(42)13-20(25(44)48-28(4,5)6)40-22(41)14-38-26(45)46-21-8-7-17(31)12-19(21)24(43)39-18-10-15(29(32,33)34)9-16(11-18)30(35,36)37/h7-12,20H,13-14H2,1-6H3,(H,38,45)(H,39,43)(H,40,41). The number of ether oxygens (including phenoxy) is 3. The van der Waals surface area contributed by atoms with Gasteiger partial charge >= 0.3 is 30.4 Å². The molecule has 18 heteroatoms. The Morgan fingerprint density at radius 1 is 0.792 bits per heavy atom. The molecule has 0 aromatic heterocycles. The molecule has 3 N–H and O–H groups in total. The minimum Gasteiger partial charge on any atom is -0.460 e. The average molecular weight is 712 g/mol. The number of esters is 2. The molecule has 0 saturated heterocycles. The van der Waals surface area contributed by atoms with E-state index in [4.69, 9.17) is 25.8 Å². The lowest BCUT2D eigenvalue weighted by Crippen LogP contribution is -2.49. The van der Waals surface area contributed by atoms with Gasteiger partial charge in [-0.2, -0.15) is 26.3 Å². The summed E-state index contributed by atoms with van der Waals surface area (Å²) in [6.07, 6.45) is -12.3. The number of anilines is 1. The molecule has 2 rings (SSSR count). The van der Waals surface area contributed by atoms with E-state index in [-0.39, 0.29) is 23.2 Å². The molecular weight excluding hydrogens is 680 g/mol. The van der Waals surface area contributed by atoms with E-state index in [1.165, 1.54) is 0 Å². The van der Waals surface area contributed by atoms with Gasteiger partial charge in [-0.25, -0.2) is 9.59 Å². The Balaban J connectivity index is 2.18. The monoisotopic (exact) mass is 711 g/mol. The Labute approximate surface area is 275 Å². The first-order valence-corrected chi connectivity index (χ1v) is 14.2. The second-order valence-corrected chi connectivity index (χ2v) is 12.5. The Morgan fingerprint density at radius 3 is 1.83 bits per heavy atom. The van der Waals surface area contributed by atoms with Crippen LogP contribution in [0, 0.1) is 0 Å². The lowest BCUT2D eigenvalue weighted by molar-refractivity contribution is -0.165. The largest absolute Gasteiger partial charge is 0.460 e. The molecule has 264 valence electrons. The predicted octanol–water partition coefficient (Wildman–Crippen LogP) is 6.28. The quantitative estimate of drug-likeness (QED) is 0.203. The third-order valence-corrected chi connectivity index (χ3v) is 5.68. The zero-order valence-corrected chi connectivity index (χ0v) is 27.1. The average Bonchev–Trinajstić information content (AvgIpc) is 2.89. The van der Waals surface area contributed by atoms with Crippen molar-refractivity contribution < 1.29 is 64.5 Å². The second-order valence-electron chi connectivity index (χ2n) is 12.1. The molecule has 2 aromatic carbocycles. The van der Waals surface area contributed by atoms with Crippen LogP contribution in [-0.4, -0.2) is 53.6 Å². The Hall–Kier alpha value is -4.54. The highest BCUT2D eigenvalue weighted by Crippen LogP contribution is 2.38. The van der Waals surface area contributed by atoms with Crippen molar-refractivity contribution in [3.63, 3.8) is 0 Å². The summed E-state index contributed by atoms with van der Waals surface area (Å²) in [6, 6.07) is 1.99.